The quantitative estimate of drug-likeness (QED) is 0.409. The molecular formula is C29H25NO3Si. The van der Waals surface area contributed by atoms with Crippen LogP contribution in [0.4, 0.5) is 0 Å². The molecule has 34 heavy (non-hydrogen) atoms. The Morgan fingerprint density at radius 3 is 1.68 bits per heavy atom. The molecule has 0 N–H and O–H groups in total. The molecule has 4 aromatic carbocycles. The average Bonchev–Trinajstić information content (AvgIpc) is 3.27. The molecular weight excluding hydrogens is 438 g/mol. The molecule has 2 aliphatic heterocycles. The van der Waals surface area contributed by atoms with E-state index in [-0.39, 0.29) is 18.1 Å². The molecule has 5 heteroatoms. The third kappa shape index (κ3) is 3.68. The molecule has 0 radical (unpaired) electrons. The maximum atomic E-state index is 7.16. The maximum Gasteiger partial charge on any atom is 0.407 e. The minimum absolute atomic E-state index is 0.0468. The van der Waals surface area contributed by atoms with E-state index in [1.165, 1.54) is 0 Å². The van der Waals surface area contributed by atoms with Gasteiger partial charge >= 0.3 is 8.56 Å². The van der Waals surface area contributed by atoms with E-state index >= 15 is 0 Å². The average molecular weight is 464 g/mol. The van der Waals surface area contributed by atoms with Gasteiger partial charge in [0.15, 0.2) is 6.10 Å². The van der Waals surface area contributed by atoms with Gasteiger partial charge < -0.3 is 13.7 Å². The van der Waals surface area contributed by atoms with E-state index in [2.05, 4.69) is 78.0 Å². The normalized spacial score (nSPS) is 23.3. The van der Waals surface area contributed by atoms with Crippen LogP contribution in [0.2, 0.25) is 0 Å². The van der Waals surface area contributed by atoms with Crippen molar-refractivity contribution in [2.45, 2.75) is 12.2 Å². The summed E-state index contributed by atoms with van der Waals surface area (Å²) in [5, 5.41) is 6.79. The molecule has 3 atom stereocenters. The highest BCUT2D eigenvalue weighted by atomic mass is 28.4. The minimum Gasteiger partial charge on any atom is -0.387 e. The van der Waals surface area contributed by atoms with E-state index in [1.54, 1.807) is 0 Å². The van der Waals surface area contributed by atoms with E-state index in [9.17, 15) is 0 Å². The number of fused-ring (bicyclic) bond motifs is 1. The van der Waals surface area contributed by atoms with Gasteiger partial charge in [0.2, 0.25) is 0 Å². The van der Waals surface area contributed by atoms with Crippen molar-refractivity contribution in [3.63, 3.8) is 0 Å². The lowest BCUT2D eigenvalue weighted by Gasteiger charge is -2.32. The fraction of sp³-hybridized carbons (Fsp3) is 0.138. The minimum atomic E-state index is -3.06. The number of rotatable bonds is 4. The molecule has 0 saturated carbocycles. The second-order valence-corrected chi connectivity index (χ2v) is 11.5. The van der Waals surface area contributed by atoms with Crippen molar-refractivity contribution in [3.8, 4) is 0 Å². The van der Waals surface area contributed by atoms with Crippen LogP contribution in [-0.4, -0.2) is 20.9 Å². The van der Waals surface area contributed by atoms with Gasteiger partial charge in [-0.2, -0.15) is 0 Å². The van der Waals surface area contributed by atoms with Crippen molar-refractivity contribution in [2.75, 3.05) is 6.61 Å². The van der Waals surface area contributed by atoms with E-state index in [0.29, 0.717) is 6.61 Å². The first-order chi connectivity index (χ1) is 16.9. The highest BCUT2D eigenvalue weighted by molar-refractivity contribution is 6.92. The van der Waals surface area contributed by atoms with Gasteiger partial charge in [0.1, 0.15) is 6.10 Å². The number of benzene rings is 4. The largest absolute Gasteiger partial charge is 0.407 e. The molecule has 0 aliphatic carbocycles. The van der Waals surface area contributed by atoms with Crippen LogP contribution in [0.3, 0.4) is 0 Å². The zero-order valence-electron chi connectivity index (χ0n) is 18.7. The van der Waals surface area contributed by atoms with Crippen molar-refractivity contribution in [1.82, 2.24) is 0 Å². The Balaban J connectivity index is 1.51. The first-order valence-corrected chi connectivity index (χ1v) is 13.4. The van der Waals surface area contributed by atoms with Gasteiger partial charge in [-0.25, -0.2) is 0 Å². The molecule has 0 unspecified atom stereocenters. The van der Waals surface area contributed by atoms with E-state index < -0.39 is 8.56 Å². The third-order valence-electron chi connectivity index (χ3n) is 6.57. The van der Waals surface area contributed by atoms with Crippen molar-refractivity contribution < 1.29 is 13.7 Å². The van der Waals surface area contributed by atoms with Crippen LogP contribution >= 0.6 is 0 Å². The van der Waals surface area contributed by atoms with Crippen molar-refractivity contribution in [3.05, 3.63) is 132 Å². The van der Waals surface area contributed by atoms with Gasteiger partial charge in [-0.3, -0.25) is 0 Å². The summed E-state index contributed by atoms with van der Waals surface area (Å²) >= 11 is 0. The molecule has 168 valence electrons. The summed E-state index contributed by atoms with van der Waals surface area (Å²) in [6, 6.07) is 41.3. The van der Waals surface area contributed by atoms with Crippen molar-refractivity contribution in [2.24, 2.45) is 11.1 Å². The second kappa shape index (κ2) is 9.03. The first-order valence-electron chi connectivity index (χ1n) is 11.6. The Morgan fingerprint density at radius 1 is 0.618 bits per heavy atom. The Morgan fingerprint density at radius 2 is 1.12 bits per heavy atom. The van der Waals surface area contributed by atoms with Gasteiger partial charge in [0.05, 0.1) is 11.6 Å². The highest BCUT2D eigenvalue weighted by Gasteiger charge is 2.53. The number of hydrogen-bond donors (Lipinski definition) is 0. The predicted molar refractivity (Wildman–Crippen MR) is 135 cm³/mol. The fourth-order valence-electron chi connectivity index (χ4n) is 4.88. The fourth-order valence-corrected chi connectivity index (χ4v) is 8.16. The SMILES string of the molecule is c1ccc([C@H]2ON=C3[C@@H](c4ccccc4)O[Si](c4ccccc4)(c4ccccc4)OC[C@@H]32)cc1. The van der Waals surface area contributed by atoms with Crippen LogP contribution < -0.4 is 10.4 Å². The lowest BCUT2D eigenvalue weighted by molar-refractivity contribution is 0.0445. The molecule has 0 amide bonds. The standard InChI is InChI=1S/C29H25NO3Si/c1-5-13-22(14-6-1)28-26-21-31-34(24-17-9-3-10-18-24,25-19-11-4-12-20-25)33-29(27(26)30-32-28)23-15-7-2-8-16-23/h1-20,26,28-29H,21H2/t26-,28+,29+/m0/s1. The summed E-state index contributed by atoms with van der Waals surface area (Å²) < 4.78 is 14.1. The molecule has 1 saturated heterocycles. The molecule has 4 nitrogen and oxygen atoms in total. The van der Waals surface area contributed by atoms with Crippen LogP contribution in [0.15, 0.2) is 126 Å². The molecule has 0 aromatic heterocycles. The summed E-state index contributed by atoms with van der Waals surface area (Å²) in [6.07, 6.45) is -0.572. The van der Waals surface area contributed by atoms with Crippen LogP contribution in [0, 0.1) is 5.92 Å². The van der Waals surface area contributed by atoms with Crippen molar-refractivity contribution in [1.29, 1.82) is 0 Å². The van der Waals surface area contributed by atoms with Crippen LogP contribution in [0.1, 0.15) is 23.3 Å². The zero-order valence-corrected chi connectivity index (χ0v) is 19.7. The Hall–Kier alpha value is -3.51. The first kappa shape index (κ1) is 21.0. The van der Waals surface area contributed by atoms with Gasteiger partial charge in [-0.05, 0) is 21.5 Å². The molecule has 1 fully saturated rings. The Labute approximate surface area is 200 Å². The predicted octanol–water partition coefficient (Wildman–Crippen LogP) is 4.77. The topological polar surface area (TPSA) is 40.0 Å². The Kier molecular flexibility index (Phi) is 5.59. The van der Waals surface area contributed by atoms with Crippen LogP contribution in [0.5, 0.6) is 0 Å². The van der Waals surface area contributed by atoms with E-state index in [1.807, 2.05) is 48.5 Å². The summed E-state index contributed by atoms with van der Waals surface area (Å²) in [4.78, 5) is 6.02. The van der Waals surface area contributed by atoms with E-state index in [0.717, 1.165) is 27.2 Å². The molecule has 2 aliphatic rings. The Bertz CT molecular complexity index is 1230. The monoisotopic (exact) mass is 463 g/mol. The number of oxime groups is 1. The molecule has 4 aromatic rings. The summed E-state index contributed by atoms with van der Waals surface area (Å²) in [5.41, 5.74) is 3.04. The van der Waals surface area contributed by atoms with Crippen LogP contribution in [-0.2, 0) is 13.7 Å². The van der Waals surface area contributed by atoms with Gasteiger partial charge in [0.25, 0.3) is 0 Å². The molecule has 2 heterocycles. The maximum absolute atomic E-state index is 7.16. The van der Waals surface area contributed by atoms with Crippen molar-refractivity contribution >= 4 is 24.6 Å². The highest BCUT2D eigenvalue weighted by Crippen LogP contribution is 2.42. The summed E-state index contributed by atoms with van der Waals surface area (Å²) in [5.74, 6) is -0.0468. The van der Waals surface area contributed by atoms with E-state index in [4.69, 9.17) is 13.7 Å². The molecule has 0 bridgehead atoms. The summed E-state index contributed by atoms with van der Waals surface area (Å²) in [6.45, 7) is 0.470. The van der Waals surface area contributed by atoms with Gasteiger partial charge in [0, 0.05) is 6.61 Å². The lowest BCUT2D eigenvalue weighted by atomic mass is 9.88. The smallest absolute Gasteiger partial charge is 0.387 e. The third-order valence-corrected chi connectivity index (χ3v) is 9.90. The zero-order chi connectivity index (χ0) is 22.8. The lowest BCUT2D eigenvalue weighted by Crippen LogP contribution is -2.63. The van der Waals surface area contributed by atoms with Crippen LogP contribution in [0.25, 0.3) is 0 Å². The number of nitrogens with zero attached hydrogens (tertiary/aromatic N) is 1. The number of hydrogen-bond acceptors (Lipinski definition) is 4. The van der Waals surface area contributed by atoms with Gasteiger partial charge in [-0.15, -0.1) is 0 Å². The second-order valence-electron chi connectivity index (χ2n) is 8.63. The van der Waals surface area contributed by atoms with Gasteiger partial charge in [-0.1, -0.05) is 126 Å². The molecule has 0 spiro atoms. The molecule has 6 rings (SSSR count). The summed E-state index contributed by atoms with van der Waals surface area (Å²) in [7, 11) is -3.06.